The quantitative estimate of drug-likeness (QED) is 0.338. The Morgan fingerprint density at radius 1 is 0.725 bits per heavy atom. The molecule has 9 nitrogen and oxygen atoms in total. The second-order valence-corrected chi connectivity index (χ2v) is 18.2. The third-order valence-corrected chi connectivity index (χ3v) is 11.5. The summed E-state index contributed by atoms with van der Waals surface area (Å²) in [7, 11) is 0. The average Bonchev–Trinajstić information content (AvgIpc) is 3.67. The number of para-hydroxylation sites is 1. The van der Waals surface area contributed by atoms with Crippen molar-refractivity contribution < 1.29 is 23.8 Å². The standard InChI is InChI=1S/C30H40N2O3.C12H22N2O2/c1-29(2,3)35-28(33)32-21-30(22-32)16-13-25(19-30)31-17-14-24(15-18-31)26-11-7-8-12-27(26)34-20-23-9-5-4-6-10-23;1-11(2,3)16-10(15)14-7-12(8-14)5-4-9(13)6-12/h4-12,24-25H,13-22H2,1-3H3;9H,4-8,13H2,1-3H3/t25-;9-/m11/s1. The number of piperidine rings is 1. The van der Waals surface area contributed by atoms with Crippen LogP contribution in [0.25, 0.3) is 0 Å². The van der Waals surface area contributed by atoms with E-state index >= 15 is 0 Å². The number of nitrogens with zero attached hydrogens (tertiary/aromatic N) is 3. The molecule has 7 rings (SSSR count). The SMILES string of the molecule is CC(C)(C)OC(=O)N1CC2(CC[C@@H](N)C2)C1.CC(C)(C)OC(=O)N1CC2(CC[C@@H](N3CCC(c4ccccc4OCc4ccccc4)CC3)C2)C1. The second-order valence-electron chi connectivity index (χ2n) is 18.2. The summed E-state index contributed by atoms with van der Waals surface area (Å²) >= 11 is 0. The molecule has 0 radical (unpaired) electrons. The van der Waals surface area contributed by atoms with E-state index in [-0.39, 0.29) is 12.2 Å². The number of amides is 2. The van der Waals surface area contributed by atoms with E-state index < -0.39 is 11.2 Å². The molecule has 3 saturated heterocycles. The van der Waals surface area contributed by atoms with Crippen LogP contribution < -0.4 is 10.5 Å². The first kappa shape index (κ1) is 37.5. The van der Waals surface area contributed by atoms with Crippen molar-refractivity contribution in [3.05, 3.63) is 65.7 Å². The molecule has 2 aromatic rings. The van der Waals surface area contributed by atoms with E-state index in [9.17, 15) is 9.59 Å². The van der Waals surface area contributed by atoms with Crippen molar-refractivity contribution in [2.45, 2.75) is 129 Å². The van der Waals surface area contributed by atoms with Crippen molar-refractivity contribution in [2.75, 3.05) is 39.3 Å². The maximum Gasteiger partial charge on any atom is 0.410 e. The predicted octanol–water partition coefficient (Wildman–Crippen LogP) is 7.97. The molecule has 2 amide bonds. The molecule has 280 valence electrons. The average molecular weight is 703 g/mol. The van der Waals surface area contributed by atoms with Crippen LogP contribution in [0.1, 0.15) is 110 Å². The fraction of sp³-hybridized carbons (Fsp3) is 0.667. The molecule has 9 heteroatoms. The fourth-order valence-corrected chi connectivity index (χ4v) is 9.01. The summed E-state index contributed by atoms with van der Waals surface area (Å²) in [5.41, 5.74) is 8.28. The zero-order chi connectivity index (χ0) is 36.4. The second kappa shape index (κ2) is 15.0. The van der Waals surface area contributed by atoms with Crippen molar-refractivity contribution in [1.29, 1.82) is 0 Å². The summed E-state index contributed by atoms with van der Waals surface area (Å²) in [6.07, 6.45) is 9.05. The summed E-state index contributed by atoms with van der Waals surface area (Å²) in [5.74, 6) is 1.59. The van der Waals surface area contributed by atoms with E-state index in [0.717, 1.165) is 64.3 Å². The number of likely N-dealkylation sites (tertiary alicyclic amines) is 3. The molecule has 0 bridgehead atoms. The number of nitrogens with two attached hydrogens (primary N) is 1. The highest BCUT2D eigenvalue weighted by molar-refractivity contribution is 5.70. The van der Waals surface area contributed by atoms with Gasteiger partial charge in [0, 0.05) is 49.1 Å². The number of rotatable bonds is 5. The highest BCUT2D eigenvalue weighted by Gasteiger charge is 2.52. The summed E-state index contributed by atoms with van der Waals surface area (Å²) in [6, 6.07) is 20.0. The molecule has 3 aliphatic heterocycles. The van der Waals surface area contributed by atoms with Crippen molar-refractivity contribution in [3.63, 3.8) is 0 Å². The Morgan fingerprint density at radius 3 is 1.80 bits per heavy atom. The maximum absolute atomic E-state index is 12.4. The topological polar surface area (TPSA) is 97.6 Å². The van der Waals surface area contributed by atoms with Crippen LogP contribution in [-0.2, 0) is 16.1 Å². The lowest BCUT2D eigenvalue weighted by Crippen LogP contribution is -2.58. The van der Waals surface area contributed by atoms with Crippen LogP contribution in [0.5, 0.6) is 5.75 Å². The Hall–Kier alpha value is -3.30. The lowest BCUT2D eigenvalue weighted by atomic mass is 9.78. The molecule has 0 unspecified atom stereocenters. The molecule has 2 spiro atoms. The molecule has 2 atom stereocenters. The van der Waals surface area contributed by atoms with Gasteiger partial charge in [0.25, 0.3) is 0 Å². The number of hydrogen-bond acceptors (Lipinski definition) is 7. The van der Waals surface area contributed by atoms with Gasteiger partial charge >= 0.3 is 12.2 Å². The van der Waals surface area contributed by atoms with Crippen molar-refractivity contribution in [3.8, 4) is 5.75 Å². The maximum atomic E-state index is 12.4. The fourth-order valence-electron chi connectivity index (χ4n) is 9.01. The van der Waals surface area contributed by atoms with Gasteiger partial charge in [-0.15, -0.1) is 0 Å². The van der Waals surface area contributed by atoms with E-state index in [1.165, 1.54) is 43.2 Å². The monoisotopic (exact) mass is 702 g/mol. The first-order valence-corrected chi connectivity index (χ1v) is 19.3. The number of benzene rings is 2. The van der Waals surface area contributed by atoms with Crippen LogP contribution in [0.2, 0.25) is 0 Å². The molecule has 2 aliphatic carbocycles. The molecule has 2 saturated carbocycles. The molecule has 2 N–H and O–H groups in total. The van der Waals surface area contributed by atoms with Crippen LogP contribution in [0.3, 0.4) is 0 Å². The van der Waals surface area contributed by atoms with Gasteiger partial charge in [0.15, 0.2) is 0 Å². The van der Waals surface area contributed by atoms with Crippen molar-refractivity contribution >= 4 is 12.2 Å². The van der Waals surface area contributed by atoms with Gasteiger partial charge in [-0.3, -0.25) is 0 Å². The Labute approximate surface area is 306 Å². The van der Waals surface area contributed by atoms with Gasteiger partial charge in [-0.2, -0.15) is 0 Å². The zero-order valence-electron chi connectivity index (χ0n) is 32.0. The van der Waals surface area contributed by atoms with Gasteiger partial charge in [0.2, 0.25) is 0 Å². The lowest BCUT2D eigenvalue weighted by Gasteiger charge is -2.48. The van der Waals surface area contributed by atoms with Gasteiger partial charge in [0.1, 0.15) is 23.6 Å². The smallest absolute Gasteiger partial charge is 0.410 e. The first-order valence-electron chi connectivity index (χ1n) is 19.3. The van der Waals surface area contributed by atoms with Gasteiger partial charge in [-0.1, -0.05) is 48.5 Å². The highest BCUT2D eigenvalue weighted by Crippen LogP contribution is 2.49. The molecule has 51 heavy (non-hydrogen) atoms. The molecule has 3 heterocycles. The van der Waals surface area contributed by atoms with Crippen LogP contribution in [0.15, 0.2) is 54.6 Å². The van der Waals surface area contributed by atoms with Crippen LogP contribution in [-0.4, -0.2) is 89.4 Å². The Kier molecular flexibility index (Phi) is 11.0. The minimum Gasteiger partial charge on any atom is -0.489 e. The third-order valence-electron chi connectivity index (χ3n) is 11.5. The third kappa shape index (κ3) is 9.58. The summed E-state index contributed by atoms with van der Waals surface area (Å²) in [4.78, 5) is 30.5. The minimum atomic E-state index is -0.423. The number of carbonyl (C=O) groups is 2. The Bertz CT molecular complexity index is 1480. The Morgan fingerprint density at radius 2 is 1.25 bits per heavy atom. The number of carbonyl (C=O) groups excluding carboxylic acids is 2. The normalized spacial score (nSPS) is 24.4. The van der Waals surface area contributed by atoms with Gasteiger partial charge < -0.3 is 34.6 Å². The molecule has 5 fully saturated rings. The minimum absolute atomic E-state index is 0.152. The lowest BCUT2D eigenvalue weighted by molar-refractivity contribution is -0.0348. The van der Waals surface area contributed by atoms with E-state index in [1.54, 1.807) is 4.90 Å². The molecular formula is C42H62N4O5. The van der Waals surface area contributed by atoms with E-state index in [1.807, 2.05) is 52.5 Å². The summed E-state index contributed by atoms with van der Waals surface area (Å²) in [6.45, 7) is 17.8. The van der Waals surface area contributed by atoms with Gasteiger partial charge in [-0.05, 0) is 129 Å². The van der Waals surface area contributed by atoms with Crippen LogP contribution in [0, 0.1) is 10.8 Å². The number of hydrogen-bond donors (Lipinski definition) is 1. The van der Waals surface area contributed by atoms with Crippen molar-refractivity contribution in [1.82, 2.24) is 14.7 Å². The van der Waals surface area contributed by atoms with Crippen molar-refractivity contribution in [2.24, 2.45) is 16.6 Å². The molecular weight excluding hydrogens is 640 g/mol. The molecule has 2 aromatic carbocycles. The van der Waals surface area contributed by atoms with Crippen LogP contribution in [0.4, 0.5) is 9.59 Å². The zero-order valence-corrected chi connectivity index (χ0v) is 32.0. The van der Waals surface area contributed by atoms with E-state index in [2.05, 4.69) is 53.4 Å². The largest absolute Gasteiger partial charge is 0.489 e. The summed E-state index contributed by atoms with van der Waals surface area (Å²) < 4.78 is 17.1. The van der Waals surface area contributed by atoms with E-state index in [0.29, 0.717) is 35.4 Å². The molecule has 5 aliphatic rings. The van der Waals surface area contributed by atoms with Gasteiger partial charge in [0.05, 0.1) is 0 Å². The number of ether oxygens (including phenoxy) is 3. The Balaban J connectivity index is 0.000000234. The van der Waals surface area contributed by atoms with Crippen LogP contribution >= 0.6 is 0 Å². The summed E-state index contributed by atoms with van der Waals surface area (Å²) in [5, 5.41) is 0. The predicted molar refractivity (Wildman–Crippen MR) is 201 cm³/mol. The first-order chi connectivity index (χ1) is 24.1. The van der Waals surface area contributed by atoms with Gasteiger partial charge in [-0.25, -0.2) is 9.59 Å². The van der Waals surface area contributed by atoms with E-state index in [4.69, 9.17) is 19.9 Å². The highest BCUT2D eigenvalue weighted by atomic mass is 16.6. The molecule has 0 aromatic heterocycles.